The van der Waals surface area contributed by atoms with E-state index < -0.39 is 6.09 Å². The molecule has 4 rings (SSSR count). The number of likely N-dealkylation sites (tertiary alicyclic amines) is 1. The summed E-state index contributed by atoms with van der Waals surface area (Å²) < 4.78 is 13.8. The smallest absolute Gasteiger partial charge is 0.407 e. The summed E-state index contributed by atoms with van der Waals surface area (Å²) in [5.41, 5.74) is 1.20. The summed E-state index contributed by atoms with van der Waals surface area (Å²) in [4.78, 5) is 17.6. The number of piperidine rings is 1. The van der Waals surface area contributed by atoms with E-state index in [1.807, 2.05) is 0 Å². The lowest BCUT2D eigenvalue weighted by molar-refractivity contribution is -0.163. The van der Waals surface area contributed by atoms with Crippen LogP contribution in [0.1, 0.15) is 68.3 Å². The molecule has 7 heteroatoms. The fraction of sp³-hybridized carbons (Fsp3) is 0.789. The number of aromatic nitrogens is 2. The number of carbonyl (C=O) groups is 1. The van der Waals surface area contributed by atoms with Crippen LogP contribution in [0.2, 0.25) is 0 Å². The van der Waals surface area contributed by atoms with Crippen molar-refractivity contribution in [2.45, 2.75) is 69.6 Å². The molecule has 1 aliphatic carbocycles. The fourth-order valence-corrected chi connectivity index (χ4v) is 3.99. The van der Waals surface area contributed by atoms with Crippen molar-refractivity contribution >= 4 is 6.09 Å². The Morgan fingerprint density at radius 2 is 2.00 bits per heavy atom. The normalized spacial score (nSPS) is 24.8. The van der Waals surface area contributed by atoms with Crippen molar-refractivity contribution in [3.63, 3.8) is 0 Å². The largest absolute Gasteiger partial charge is 0.465 e. The zero-order chi connectivity index (χ0) is 17.9. The molecule has 0 spiro atoms. The van der Waals surface area contributed by atoms with Gasteiger partial charge in [-0.25, -0.2) is 9.78 Å². The van der Waals surface area contributed by atoms with Crippen LogP contribution in [0.15, 0.2) is 6.20 Å². The highest BCUT2D eigenvalue weighted by Crippen LogP contribution is 2.40. The molecule has 1 atom stereocenters. The van der Waals surface area contributed by atoms with Gasteiger partial charge in [-0.1, -0.05) is 0 Å². The van der Waals surface area contributed by atoms with E-state index in [0.717, 1.165) is 44.7 Å². The molecule has 1 saturated carbocycles. The quantitative estimate of drug-likeness (QED) is 0.840. The first-order valence-electron chi connectivity index (χ1n) is 9.99. The number of imidazole rings is 1. The lowest BCUT2D eigenvalue weighted by Crippen LogP contribution is -2.37. The minimum absolute atomic E-state index is 0.0579. The molecular weight excluding hydrogens is 334 g/mol. The van der Waals surface area contributed by atoms with Crippen molar-refractivity contribution < 1.29 is 19.4 Å². The number of hydrogen-bond acceptors (Lipinski definition) is 4. The molecule has 3 aliphatic rings. The Morgan fingerprint density at radius 3 is 2.65 bits per heavy atom. The van der Waals surface area contributed by atoms with Crippen LogP contribution < -0.4 is 0 Å². The summed E-state index contributed by atoms with van der Waals surface area (Å²) in [6.07, 6.45) is 8.78. The van der Waals surface area contributed by atoms with E-state index in [1.54, 1.807) is 0 Å². The van der Waals surface area contributed by atoms with Crippen molar-refractivity contribution in [3.8, 4) is 0 Å². The first-order chi connectivity index (χ1) is 12.7. The Hall–Kier alpha value is -1.60. The van der Waals surface area contributed by atoms with Gasteiger partial charge in [0.1, 0.15) is 5.82 Å². The molecule has 1 amide bonds. The summed E-state index contributed by atoms with van der Waals surface area (Å²) >= 11 is 0. The van der Waals surface area contributed by atoms with Gasteiger partial charge in [-0.05, 0) is 44.9 Å². The summed E-state index contributed by atoms with van der Waals surface area (Å²) in [6, 6.07) is 0. The first-order valence-corrected chi connectivity index (χ1v) is 9.99. The third-order valence-corrected chi connectivity index (χ3v) is 5.73. The maximum absolute atomic E-state index is 11.1. The minimum Gasteiger partial charge on any atom is -0.465 e. The van der Waals surface area contributed by atoms with Gasteiger partial charge in [0.25, 0.3) is 0 Å². The van der Waals surface area contributed by atoms with Crippen LogP contribution >= 0.6 is 0 Å². The van der Waals surface area contributed by atoms with Crippen LogP contribution in [0, 0.1) is 0 Å². The van der Waals surface area contributed by atoms with Gasteiger partial charge in [-0.15, -0.1) is 0 Å². The summed E-state index contributed by atoms with van der Waals surface area (Å²) in [5, 5.41) is 9.15. The van der Waals surface area contributed by atoms with Crippen LogP contribution in [0.5, 0.6) is 0 Å². The van der Waals surface area contributed by atoms with E-state index in [0.29, 0.717) is 31.5 Å². The van der Waals surface area contributed by atoms with E-state index in [2.05, 4.69) is 10.8 Å². The second-order valence-corrected chi connectivity index (χ2v) is 7.70. The van der Waals surface area contributed by atoms with E-state index in [9.17, 15) is 4.79 Å². The van der Waals surface area contributed by atoms with Gasteiger partial charge in [0.2, 0.25) is 0 Å². The number of nitrogens with zero attached hydrogens (tertiary/aromatic N) is 3. The van der Waals surface area contributed by atoms with Gasteiger partial charge in [-0.2, -0.15) is 0 Å². The highest BCUT2D eigenvalue weighted by atomic mass is 16.7. The van der Waals surface area contributed by atoms with E-state index in [1.165, 1.54) is 29.9 Å². The fourth-order valence-electron chi connectivity index (χ4n) is 3.99. The number of carboxylic acid groups (broad SMARTS) is 1. The molecule has 3 heterocycles. The standard InChI is InChI=1S/C19H29N3O4/c23-19(24)21-8-6-15(7-9-21)18-20-16(14-4-5-14)13-22(18)10-12-26-17-3-1-2-11-25-17/h13-15,17H,1-12H2,(H,23,24). The molecule has 1 aromatic rings. The van der Waals surface area contributed by atoms with Crippen LogP contribution in [-0.2, 0) is 16.0 Å². The lowest BCUT2D eigenvalue weighted by atomic mass is 9.96. The molecule has 7 nitrogen and oxygen atoms in total. The zero-order valence-electron chi connectivity index (χ0n) is 15.3. The lowest BCUT2D eigenvalue weighted by Gasteiger charge is -2.30. The molecule has 2 aliphatic heterocycles. The SMILES string of the molecule is O=C(O)N1CCC(c2nc(C3CC3)cn2CCOC2CCCCO2)CC1. The second-order valence-electron chi connectivity index (χ2n) is 7.70. The Balaban J connectivity index is 1.38. The summed E-state index contributed by atoms with van der Waals surface area (Å²) in [5.74, 6) is 2.07. The Morgan fingerprint density at radius 1 is 1.19 bits per heavy atom. The molecular formula is C19H29N3O4. The molecule has 3 fully saturated rings. The van der Waals surface area contributed by atoms with Gasteiger partial charge in [0.05, 0.1) is 12.3 Å². The van der Waals surface area contributed by atoms with E-state index >= 15 is 0 Å². The summed E-state index contributed by atoms with van der Waals surface area (Å²) in [6.45, 7) is 3.41. The Kier molecular flexibility index (Phi) is 5.45. The number of amides is 1. The van der Waals surface area contributed by atoms with Crippen molar-refractivity contribution in [3.05, 3.63) is 17.7 Å². The average Bonchev–Trinajstić information content (AvgIpc) is 3.43. The zero-order valence-corrected chi connectivity index (χ0v) is 15.3. The number of ether oxygens (including phenoxy) is 2. The van der Waals surface area contributed by atoms with Gasteiger partial charge in [-0.3, -0.25) is 0 Å². The Labute approximate surface area is 154 Å². The molecule has 0 aromatic carbocycles. The van der Waals surface area contributed by atoms with Crippen molar-refractivity contribution in [2.75, 3.05) is 26.3 Å². The third-order valence-electron chi connectivity index (χ3n) is 5.73. The maximum atomic E-state index is 11.1. The highest BCUT2D eigenvalue weighted by Gasteiger charge is 2.31. The van der Waals surface area contributed by atoms with Gasteiger partial charge >= 0.3 is 6.09 Å². The van der Waals surface area contributed by atoms with Gasteiger partial charge in [0.15, 0.2) is 6.29 Å². The minimum atomic E-state index is -0.814. The molecule has 2 saturated heterocycles. The molecule has 144 valence electrons. The monoisotopic (exact) mass is 363 g/mol. The predicted molar refractivity (Wildman–Crippen MR) is 95.3 cm³/mol. The van der Waals surface area contributed by atoms with Crippen LogP contribution in [-0.4, -0.2) is 58.2 Å². The number of rotatable bonds is 6. The second kappa shape index (κ2) is 7.96. The van der Waals surface area contributed by atoms with Crippen molar-refractivity contribution in [2.24, 2.45) is 0 Å². The van der Waals surface area contributed by atoms with E-state index in [-0.39, 0.29) is 6.29 Å². The van der Waals surface area contributed by atoms with Crippen molar-refractivity contribution in [1.82, 2.24) is 14.5 Å². The molecule has 26 heavy (non-hydrogen) atoms. The van der Waals surface area contributed by atoms with Crippen LogP contribution in [0.3, 0.4) is 0 Å². The third kappa shape index (κ3) is 4.20. The number of hydrogen-bond donors (Lipinski definition) is 1. The van der Waals surface area contributed by atoms with E-state index in [4.69, 9.17) is 19.6 Å². The molecule has 0 bridgehead atoms. The summed E-state index contributed by atoms with van der Waals surface area (Å²) in [7, 11) is 0. The predicted octanol–water partition coefficient (Wildman–Crippen LogP) is 3.16. The van der Waals surface area contributed by atoms with Crippen LogP contribution in [0.25, 0.3) is 0 Å². The van der Waals surface area contributed by atoms with Crippen LogP contribution in [0.4, 0.5) is 4.79 Å². The van der Waals surface area contributed by atoms with Gasteiger partial charge in [0, 0.05) is 44.3 Å². The molecule has 1 N–H and O–H groups in total. The molecule has 1 aromatic heterocycles. The maximum Gasteiger partial charge on any atom is 0.407 e. The highest BCUT2D eigenvalue weighted by molar-refractivity contribution is 5.65. The first kappa shape index (κ1) is 17.8. The van der Waals surface area contributed by atoms with Gasteiger partial charge < -0.3 is 24.0 Å². The van der Waals surface area contributed by atoms with Crippen molar-refractivity contribution in [1.29, 1.82) is 0 Å². The Bertz CT molecular complexity index is 614. The topological polar surface area (TPSA) is 76.8 Å². The average molecular weight is 363 g/mol. The molecule has 0 radical (unpaired) electrons. The molecule has 1 unspecified atom stereocenters.